The number of rotatable bonds is 3. The largest absolute Gasteiger partial charge is 0.394 e. The van der Waals surface area contributed by atoms with Crippen molar-refractivity contribution in [2.24, 2.45) is 0 Å². The van der Waals surface area contributed by atoms with Crippen LogP contribution < -0.4 is 5.32 Å². The number of piperidine rings is 1. The Balaban J connectivity index is 2.00. The van der Waals surface area contributed by atoms with E-state index in [0.717, 1.165) is 6.54 Å². The summed E-state index contributed by atoms with van der Waals surface area (Å²) in [5, 5.41) is 3.14. The lowest BCUT2D eigenvalue weighted by Crippen LogP contribution is -2.46. The number of likely N-dealkylation sites (tertiary alicyclic amines) is 1. The number of hydrogen-bond acceptors (Lipinski definition) is 3. The number of halogens is 4. The van der Waals surface area contributed by atoms with Gasteiger partial charge in [-0.25, -0.2) is 9.37 Å². The summed E-state index contributed by atoms with van der Waals surface area (Å²) in [6.45, 7) is 2.89. The number of fused-ring (bicyclic) bond motifs is 1. The predicted molar refractivity (Wildman–Crippen MR) is 96.5 cm³/mol. The van der Waals surface area contributed by atoms with Crippen LogP contribution >= 0.6 is 0 Å². The minimum Gasteiger partial charge on any atom is -0.376 e. The molecule has 2 atom stereocenters. The first-order valence-corrected chi connectivity index (χ1v) is 8.93. The van der Waals surface area contributed by atoms with E-state index in [4.69, 9.17) is 0 Å². The van der Waals surface area contributed by atoms with Crippen molar-refractivity contribution in [3.05, 3.63) is 29.7 Å². The van der Waals surface area contributed by atoms with Crippen LogP contribution in [0.1, 0.15) is 31.2 Å². The first kappa shape index (κ1) is 19.5. The van der Waals surface area contributed by atoms with Gasteiger partial charge < -0.3 is 14.6 Å². The highest BCUT2D eigenvalue weighted by Gasteiger charge is 2.32. The summed E-state index contributed by atoms with van der Waals surface area (Å²) in [4.78, 5) is 6.25. The van der Waals surface area contributed by atoms with Gasteiger partial charge in [-0.2, -0.15) is 13.2 Å². The third-order valence-electron chi connectivity index (χ3n) is 4.59. The van der Waals surface area contributed by atoms with Crippen LogP contribution in [0.5, 0.6) is 0 Å². The fourth-order valence-electron chi connectivity index (χ4n) is 3.28. The minimum absolute atomic E-state index is 0.00211. The summed E-state index contributed by atoms with van der Waals surface area (Å²) in [6, 6.07) is 2.94. The molecule has 1 saturated heterocycles. The van der Waals surface area contributed by atoms with E-state index in [0.29, 0.717) is 30.7 Å². The molecule has 0 aromatic carbocycles. The van der Waals surface area contributed by atoms with Gasteiger partial charge in [0.1, 0.15) is 11.9 Å². The molecule has 3 rings (SSSR count). The number of imidazole rings is 1. The van der Waals surface area contributed by atoms with Gasteiger partial charge >= 0.3 is 6.18 Å². The maximum absolute atomic E-state index is 14.4. The summed E-state index contributed by atoms with van der Waals surface area (Å²) < 4.78 is 54.9. The molecule has 2 aromatic rings. The van der Waals surface area contributed by atoms with E-state index in [2.05, 4.69) is 22.1 Å². The molecule has 146 valence electrons. The van der Waals surface area contributed by atoms with Crippen molar-refractivity contribution >= 4 is 11.3 Å². The second-order valence-electron chi connectivity index (χ2n) is 6.79. The van der Waals surface area contributed by atoms with Gasteiger partial charge in [0.2, 0.25) is 0 Å². The van der Waals surface area contributed by atoms with E-state index in [9.17, 15) is 17.6 Å². The number of hydrogen-bond donors (Lipinski definition) is 1. The molecular weight excluding hydrogens is 360 g/mol. The van der Waals surface area contributed by atoms with Gasteiger partial charge in [0.25, 0.3) is 0 Å². The molecule has 8 heteroatoms. The van der Waals surface area contributed by atoms with Crippen LogP contribution in [-0.4, -0.2) is 52.8 Å². The topological polar surface area (TPSA) is 32.6 Å². The molecule has 2 aromatic heterocycles. The summed E-state index contributed by atoms with van der Waals surface area (Å²) in [5.74, 6) is 5.52. The first-order chi connectivity index (χ1) is 12.8. The molecule has 27 heavy (non-hydrogen) atoms. The molecule has 1 aliphatic heterocycles. The number of alkyl halides is 4. The molecule has 0 radical (unpaired) electrons. The van der Waals surface area contributed by atoms with Gasteiger partial charge in [-0.05, 0) is 31.5 Å². The predicted octanol–water partition coefficient (Wildman–Crippen LogP) is 3.65. The van der Waals surface area contributed by atoms with Gasteiger partial charge in [0.05, 0.1) is 23.8 Å². The Hall–Kier alpha value is -2.27. The highest BCUT2D eigenvalue weighted by atomic mass is 19.4. The Labute approximate surface area is 155 Å². The van der Waals surface area contributed by atoms with Crippen molar-refractivity contribution in [1.82, 2.24) is 14.3 Å². The van der Waals surface area contributed by atoms with Crippen molar-refractivity contribution in [3.8, 4) is 11.8 Å². The molecule has 0 aliphatic carbocycles. The summed E-state index contributed by atoms with van der Waals surface area (Å²) in [7, 11) is 1.86. The number of nitrogens with one attached hydrogen (secondary N) is 1. The van der Waals surface area contributed by atoms with Crippen LogP contribution in [0.2, 0.25) is 0 Å². The zero-order chi connectivity index (χ0) is 19.6. The van der Waals surface area contributed by atoms with Crippen LogP contribution in [0.15, 0.2) is 18.3 Å². The molecule has 0 spiro atoms. The van der Waals surface area contributed by atoms with Crippen LogP contribution in [0.25, 0.3) is 5.65 Å². The maximum atomic E-state index is 14.4. The Kier molecular flexibility index (Phi) is 5.61. The molecule has 1 fully saturated rings. The van der Waals surface area contributed by atoms with E-state index < -0.39 is 24.8 Å². The zero-order valence-electron chi connectivity index (χ0n) is 15.3. The van der Waals surface area contributed by atoms with Crippen LogP contribution in [0.3, 0.4) is 0 Å². The lowest BCUT2D eigenvalue weighted by molar-refractivity contribution is -0.128. The second kappa shape index (κ2) is 7.77. The van der Waals surface area contributed by atoms with Gasteiger partial charge in [-0.3, -0.25) is 0 Å². The van der Waals surface area contributed by atoms with E-state index in [1.165, 1.54) is 10.6 Å². The quantitative estimate of drug-likeness (QED) is 0.650. The Morgan fingerprint density at radius 3 is 2.81 bits per heavy atom. The van der Waals surface area contributed by atoms with Crippen molar-refractivity contribution in [3.63, 3.8) is 0 Å². The van der Waals surface area contributed by atoms with Crippen LogP contribution in [0.4, 0.5) is 23.2 Å². The van der Waals surface area contributed by atoms with Crippen molar-refractivity contribution in [2.75, 3.05) is 25.5 Å². The second-order valence-corrected chi connectivity index (χ2v) is 6.79. The van der Waals surface area contributed by atoms with Crippen LogP contribution in [0, 0.1) is 11.8 Å². The number of anilines is 1. The van der Waals surface area contributed by atoms with E-state index in [-0.39, 0.29) is 11.4 Å². The number of nitrogens with zero attached hydrogens (tertiary/aromatic N) is 3. The standard InChI is InChI=1S/C19H22F4N4/c1-3-4-6-15-17(11-19(21,22)23)27-9-5-7-16(18(27)25-15)24-14-8-10-26(2)12-13(14)20/h5,7,9,13-14,24H,3,8,10-12H2,1-2H3. The molecule has 0 amide bonds. The Bertz CT molecular complexity index is 862. The van der Waals surface area contributed by atoms with E-state index >= 15 is 0 Å². The van der Waals surface area contributed by atoms with Gasteiger partial charge in [-0.1, -0.05) is 12.8 Å². The van der Waals surface area contributed by atoms with Crippen molar-refractivity contribution < 1.29 is 17.6 Å². The summed E-state index contributed by atoms with van der Waals surface area (Å²) in [5.41, 5.74) is 0.969. The highest BCUT2D eigenvalue weighted by Crippen LogP contribution is 2.28. The molecule has 0 saturated carbocycles. The van der Waals surface area contributed by atoms with Crippen molar-refractivity contribution in [2.45, 2.75) is 44.6 Å². The molecular formula is C19H22F4N4. The number of pyridine rings is 1. The average molecular weight is 382 g/mol. The molecule has 0 bridgehead atoms. The van der Waals surface area contributed by atoms with Gasteiger partial charge in [0.15, 0.2) is 5.65 Å². The zero-order valence-corrected chi connectivity index (χ0v) is 15.3. The Morgan fingerprint density at radius 1 is 1.37 bits per heavy atom. The van der Waals surface area contributed by atoms with Crippen LogP contribution in [-0.2, 0) is 6.42 Å². The fourth-order valence-corrected chi connectivity index (χ4v) is 3.28. The van der Waals surface area contributed by atoms with Crippen molar-refractivity contribution in [1.29, 1.82) is 0 Å². The highest BCUT2D eigenvalue weighted by molar-refractivity contribution is 5.70. The summed E-state index contributed by atoms with van der Waals surface area (Å²) >= 11 is 0. The average Bonchev–Trinajstić information content (AvgIpc) is 2.92. The molecule has 1 N–H and O–H groups in total. The minimum atomic E-state index is -4.37. The third kappa shape index (κ3) is 4.53. The fraction of sp³-hybridized carbons (Fsp3) is 0.526. The van der Waals surface area contributed by atoms with E-state index in [1.807, 2.05) is 18.9 Å². The SMILES string of the molecule is CCC#Cc1nc2c(NC3CCN(C)CC3F)cccn2c1CC(F)(F)F. The molecule has 2 unspecified atom stereocenters. The lowest BCUT2D eigenvalue weighted by atomic mass is 10.0. The Morgan fingerprint density at radius 2 is 2.15 bits per heavy atom. The lowest BCUT2D eigenvalue weighted by Gasteiger charge is -2.33. The monoisotopic (exact) mass is 382 g/mol. The first-order valence-electron chi connectivity index (χ1n) is 8.93. The number of aromatic nitrogens is 2. The molecule has 4 nitrogen and oxygen atoms in total. The third-order valence-corrected chi connectivity index (χ3v) is 4.59. The molecule has 1 aliphatic rings. The van der Waals surface area contributed by atoms with Gasteiger partial charge in [0, 0.05) is 25.7 Å². The normalized spacial score (nSPS) is 21.1. The smallest absolute Gasteiger partial charge is 0.376 e. The molecule has 3 heterocycles. The maximum Gasteiger partial charge on any atom is 0.394 e. The van der Waals surface area contributed by atoms with E-state index in [1.54, 1.807) is 12.1 Å². The summed E-state index contributed by atoms with van der Waals surface area (Å²) in [6.07, 6.45) is -3.90. The van der Waals surface area contributed by atoms with Gasteiger partial charge in [-0.15, -0.1) is 0 Å².